The zero-order chi connectivity index (χ0) is 42.9. The number of carbonyl (C=O) groups is 4. The molecule has 1 aliphatic heterocycles. The predicted molar refractivity (Wildman–Crippen MR) is 229 cm³/mol. The minimum atomic E-state index is -1.32. The maximum Gasteiger partial charge on any atom is 0.405 e. The van der Waals surface area contributed by atoms with Crippen molar-refractivity contribution in [2.75, 3.05) is 6.54 Å². The number of carbonyl (C=O) groups excluding carboxylic acids is 3. The number of aryl methyl sites for hydroxylation is 1. The summed E-state index contributed by atoms with van der Waals surface area (Å²) in [6.07, 6.45) is -0.0896. The number of carboxylic acid groups (broad SMARTS) is 1. The third-order valence-electron chi connectivity index (χ3n) is 10.9. The second kappa shape index (κ2) is 19.3. The van der Waals surface area contributed by atoms with E-state index in [1.807, 2.05) is 125 Å². The fraction of sp³-hybridized carbons (Fsp3) is 0.426. The van der Waals surface area contributed by atoms with Crippen LogP contribution in [0.15, 0.2) is 103 Å². The normalized spacial score (nSPS) is 16.9. The van der Waals surface area contributed by atoms with Crippen LogP contribution in [0.1, 0.15) is 70.2 Å². The number of pyridine rings is 1. The first-order chi connectivity index (χ1) is 27.9. The van der Waals surface area contributed by atoms with Crippen LogP contribution in [0.2, 0.25) is 0 Å². The van der Waals surface area contributed by atoms with Crippen LogP contribution >= 0.6 is 0 Å². The van der Waals surface area contributed by atoms with Crippen LogP contribution < -0.4 is 21.3 Å². The summed E-state index contributed by atoms with van der Waals surface area (Å²) in [6, 6.07) is 27.8. The highest BCUT2D eigenvalue weighted by Crippen LogP contribution is 2.34. The summed E-state index contributed by atoms with van der Waals surface area (Å²) in [5.74, 6) is -1.47. The van der Waals surface area contributed by atoms with Gasteiger partial charge in [0.05, 0.1) is 29.8 Å². The molecule has 3 aromatic carbocycles. The molecule has 6 atom stereocenters. The number of aromatic nitrogens is 1. The van der Waals surface area contributed by atoms with Gasteiger partial charge in [-0.05, 0) is 65.8 Å². The topological polar surface area (TPSA) is 173 Å². The van der Waals surface area contributed by atoms with Gasteiger partial charge in [-0.15, -0.1) is 0 Å². The molecule has 12 nitrogen and oxygen atoms in total. The van der Waals surface area contributed by atoms with E-state index in [1.165, 1.54) is 0 Å². The summed E-state index contributed by atoms with van der Waals surface area (Å²) in [5, 5.41) is 33.4. The van der Waals surface area contributed by atoms with E-state index < -0.39 is 59.0 Å². The van der Waals surface area contributed by atoms with Crippen molar-refractivity contribution in [3.8, 4) is 11.3 Å². The highest BCUT2D eigenvalue weighted by atomic mass is 16.4. The Balaban J connectivity index is 1.44. The van der Waals surface area contributed by atoms with Gasteiger partial charge in [0.15, 0.2) is 0 Å². The monoisotopic (exact) mass is 804 g/mol. The van der Waals surface area contributed by atoms with Crippen LogP contribution in [0.25, 0.3) is 11.3 Å². The van der Waals surface area contributed by atoms with Gasteiger partial charge in [0.25, 0.3) is 0 Å². The predicted octanol–water partition coefficient (Wildman–Crippen LogP) is 6.50. The molecule has 6 N–H and O–H groups in total. The fourth-order valence-corrected chi connectivity index (χ4v) is 7.98. The van der Waals surface area contributed by atoms with Gasteiger partial charge >= 0.3 is 12.1 Å². The minimum absolute atomic E-state index is 0.0403. The lowest BCUT2D eigenvalue weighted by Crippen LogP contribution is -2.57. The van der Waals surface area contributed by atoms with Gasteiger partial charge in [-0.2, -0.15) is 0 Å². The van der Waals surface area contributed by atoms with E-state index >= 15 is 0 Å². The summed E-state index contributed by atoms with van der Waals surface area (Å²) in [5.41, 5.74) is 4.21. The Morgan fingerprint density at radius 3 is 2.07 bits per heavy atom. The van der Waals surface area contributed by atoms with Gasteiger partial charge < -0.3 is 36.4 Å². The minimum Gasteiger partial charge on any atom is -0.465 e. The SMILES string of the molecule is Cc1cccc(CN2C(=O)NCC2C(C(=O)NC(Cc2ccccc2)C(O)CC(Cc2ccc(-c3ccccn3)cc2)NC(=O)C(NC(=O)O)C(C)(C)C)C(C)(C)C)c1. The molecule has 5 rings (SSSR count). The molecule has 6 unspecified atom stereocenters. The third kappa shape index (κ3) is 12.4. The van der Waals surface area contributed by atoms with Crippen molar-refractivity contribution in [2.24, 2.45) is 16.7 Å². The molecule has 12 heteroatoms. The largest absolute Gasteiger partial charge is 0.465 e. The first-order valence-corrected chi connectivity index (χ1v) is 20.3. The molecular weight excluding hydrogens is 745 g/mol. The smallest absolute Gasteiger partial charge is 0.405 e. The van der Waals surface area contributed by atoms with Crippen molar-refractivity contribution in [1.82, 2.24) is 31.2 Å². The molecule has 1 fully saturated rings. The highest BCUT2D eigenvalue weighted by Gasteiger charge is 2.46. The zero-order valence-corrected chi connectivity index (χ0v) is 35.2. The molecule has 5 amide bonds. The highest BCUT2D eigenvalue weighted by molar-refractivity contribution is 5.86. The average Bonchev–Trinajstić information content (AvgIpc) is 3.51. The maximum atomic E-state index is 14.7. The quantitative estimate of drug-likeness (QED) is 0.0750. The van der Waals surface area contributed by atoms with Crippen LogP contribution in [0.5, 0.6) is 0 Å². The second-order valence-electron chi connectivity index (χ2n) is 17.9. The van der Waals surface area contributed by atoms with Crippen LogP contribution in [0, 0.1) is 23.7 Å². The van der Waals surface area contributed by atoms with Crippen molar-refractivity contribution in [3.63, 3.8) is 0 Å². The van der Waals surface area contributed by atoms with E-state index in [0.29, 0.717) is 25.9 Å². The lowest BCUT2D eigenvalue weighted by molar-refractivity contribution is -0.132. The van der Waals surface area contributed by atoms with Gasteiger partial charge in [0.1, 0.15) is 6.04 Å². The number of urea groups is 1. The lowest BCUT2D eigenvalue weighted by atomic mass is 9.75. The maximum absolute atomic E-state index is 14.7. The molecule has 1 aromatic heterocycles. The Labute approximate surface area is 348 Å². The molecule has 314 valence electrons. The van der Waals surface area contributed by atoms with E-state index in [0.717, 1.165) is 33.5 Å². The van der Waals surface area contributed by atoms with Gasteiger partial charge in [0.2, 0.25) is 11.8 Å². The number of aliphatic hydroxyl groups excluding tert-OH is 1. The standard InChI is InChI=1S/C47H60N6O6/c1-30-14-13-17-33(24-30)29-53-38(28-49-44(53)57)40(46(2,3)4)42(55)51-37(26-31-15-9-8-10-16-31)39(54)27-35(50-43(56)41(47(5,6)7)52-45(58)59)25-32-19-21-34(22-20-32)36-18-11-12-23-48-36/h8-24,35,37-41,52,54H,25-29H2,1-7H3,(H,49,57)(H,50,56)(H,51,55)(H,58,59). The van der Waals surface area contributed by atoms with E-state index in [9.17, 15) is 29.4 Å². The van der Waals surface area contributed by atoms with E-state index in [-0.39, 0.29) is 18.4 Å². The lowest BCUT2D eigenvalue weighted by Gasteiger charge is -2.39. The number of amides is 5. The fourth-order valence-electron chi connectivity index (χ4n) is 7.98. The molecule has 1 saturated heterocycles. The van der Waals surface area contributed by atoms with Crippen molar-refractivity contribution in [1.29, 1.82) is 0 Å². The molecule has 0 spiro atoms. The summed E-state index contributed by atoms with van der Waals surface area (Å²) >= 11 is 0. The molecule has 0 aliphatic carbocycles. The van der Waals surface area contributed by atoms with E-state index in [4.69, 9.17) is 0 Å². The van der Waals surface area contributed by atoms with E-state index in [2.05, 4.69) is 26.3 Å². The summed E-state index contributed by atoms with van der Waals surface area (Å²) in [7, 11) is 0. The van der Waals surface area contributed by atoms with Crippen LogP contribution in [0.4, 0.5) is 9.59 Å². The number of hydrogen-bond acceptors (Lipinski definition) is 6. The number of aliphatic hydroxyl groups is 1. The Hall–Kier alpha value is -5.75. The van der Waals surface area contributed by atoms with Crippen molar-refractivity contribution in [2.45, 2.75) is 105 Å². The number of hydrogen-bond donors (Lipinski definition) is 6. The van der Waals surface area contributed by atoms with Crippen molar-refractivity contribution in [3.05, 3.63) is 126 Å². The van der Waals surface area contributed by atoms with Crippen molar-refractivity contribution < 1.29 is 29.4 Å². The Morgan fingerprint density at radius 2 is 1.46 bits per heavy atom. The third-order valence-corrected chi connectivity index (χ3v) is 10.9. The Kier molecular flexibility index (Phi) is 14.5. The van der Waals surface area contributed by atoms with Gasteiger partial charge in [-0.25, -0.2) is 9.59 Å². The number of nitrogens with one attached hydrogen (secondary N) is 4. The molecule has 4 aromatic rings. The van der Waals surface area contributed by atoms with Crippen molar-refractivity contribution >= 4 is 23.9 Å². The van der Waals surface area contributed by atoms with Crippen LogP contribution in [-0.2, 0) is 29.0 Å². The number of benzene rings is 3. The first kappa shape index (κ1) is 44.4. The molecular formula is C47H60N6O6. The molecule has 0 radical (unpaired) electrons. The molecule has 59 heavy (non-hydrogen) atoms. The van der Waals surface area contributed by atoms with Crippen LogP contribution in [-0.4, -0.2) is 80.9 Å². The van der Waals surface area contributed by atoms with Gasteiger partial charge in [-0.1, -0.05) is 132 Å². The number of rotatable bonds is 16. The summed E-state index contributed by atoms with van der Waals surface area (Å²) in [4.78, 5) is 59.9. The Morgan fingerprint density at radius 1 is 0.797 bits per heavy atom. The molecule has 2 heterocycles. The second-order valence-corrected chi connectivity index (χ2v) is 17.9. The van der Waals surface area contributed by atoms with E-state index in [1.54, 1.807) is 31.9 Å². The number of nitrogens with zero attached hydrogens (tertiary/aromatic N) is 2. The van der Waals surface area contributed by atoms with Gasteiger partial charge in [-0.3, -0.25) is 14.6 Å². The van der Waals surface area contributed by atoms with Crippen LogP contribution in [0.3, 0.4) is 0 Å². The average molecular weight is 805 g/mol. The molecule has 0 saturated carbocycles. The summed E-state index contributed by atoms with van der Waals surface area (Å²) < 4.78 is 0. The Bertz CT molecular complexity index is 2030. The first-order valence-electron chi connectivity index (χ1n) is 20.3. The molecule has 0 bridgehead atoms. The summed E-state index contributed by atoms with van der Waals surface area (Å²) in [6.45, 7) is 13.9. The zero-order valence-electron chi connectivity index (χ0n) is 35.2. The molecule has 1 aliphatic rings. The van der Waals surface area contributed by atoms with Gasteiger partial charge in [0, 0.05) is 30.9 Å².